The van der Waals surface area contributed by atoms with Gasteiger partial charge in [0.1, 0.15) is 19.2 Å². The molecule has 0 amide bonds. The van der Waals surface area contributed by atoms with Gasteiger partial charge in [-0.3, -0.25) is 0 Å². The minimum Gasteiger partial charge on any atom is -0.456 e. The summed E-state index contributed by atoms with van der Waals surface area (Å²) < 4.78 is 6.51. The van der Waals surface area contributed by atoms with Crippen LogP contribution in [-0.2, 0) is 0 Å². The third-order valence-corrected chi connectivity index (χ3v) is 13.9. The second-order valence-electron chi connectivity index (χ2n) is 13.9. The molecule has 0 saturated heterocycles. The van der Waals surface area contributed by atoms with Crippen LogP contribution in [0.5, 0.6) is 0 Å². The van der Waals surface area contributed by atoms with E-state index in [2.05, 4.69) is 147 Å². The highest BCUT2D eigenvalue weighted by Gasteiger charge is 2.37. The highest BCUT2D eigenvalue weighted by molar-refractivity contribution is 7.03. The van der Waals surface area contributed by atoms with Crippen molar-refractivity contribution in [3.05, 3.63) is 187 Å². The number of nitrogens with zero attached hydrogens (tertiary/aromatic N) is 2. The van der Waals surface area contributed by atoms with E-state index in [-0.39, 0.29) is 0 Å². The van der Waals surface area contributed by atoms with Gasteiger partial charge in [-0.1, -0.05) is 153 Å². The van der Waals surface area contributed by atoms with E-state index in [0.29, 0.717) is 11.5 Å². The molecule has 0 unspecified atom stereocenters. The standard InChI is InChI=1S/C48H36N2OSi/c1-32(33-15-7-4-8-16-33)50-48(37-24-26-40-39-25-23-36(34-17-9-5-10-18-34)27-44(39)51-45(40)28-37)49-31-38-29-47-43(30-42(38)35-19-11-6-12-20-35)41-21-13-14-22-46(41)52(47,2)3/h4-31H,1H2,2-3H3/b49-31+,50-48-. The summed E-state index contributed by atoms with van der Waals surface area (Å²) in [6.07, 6.45) is 1.99. The van der Waals surface area contributed by atoms with Gasteiger partial charge < -0.3 is 4.42 Å². The van der Waals surface area contributed by atoms with Gasteiger partial charge in [0.05, 0.1) is 5.70 Å². The Hall–Kier alpha value is -6.36. The average molecular weight is 685 g/mol. The first-order valence-corrected chi connectivity index (χ1v) is 20.7. The van der Waals surface area contributed by atoms with Crippen LogP contribution in [-0.4, -0.2) is 20.1 Å². The molecular weight excluding hydrogens is 649 g/mol. The molecule has 0 saturated carbocycles. The van der Waals surface area contributed by atoms with Crippen molar-refractivity contribution in [2.24, 2.45) is 9.98 Å². The summed E-state index contributed by atoms with van der Waals surface area (Å²) in [6, 6.07) is 57.4. The Labute approximate surface area is 305 Å². The Kier molecular flexibility index (Phi) is 7.75. The van der Waals surface area contributed by atoms with Crippen LogP contribution in [0.3, 0.4) is 0 Å². The molecule has 52 heavy (non-hydrogen) atoms. The van der Waals surface area contributed by atoms with Crippen molar-refractivity contribution in [1.82, 2.24) is 0 Å². The molecule has 9 rings (SSSR count). The van der Waals surface area contributed by atoms with Crippen molar-refractivity contribution in [3.8, 4) is 33.4 Å². The summed E-state index contributed by atoms with van der Waals surface area (Å²) in [5.41, 5.74) is 12.4. The van der Waals surface area contributed by atoms with Crippen molar-refractivity contribution >= 4 is 58.1 Å². The Bertz CT molecular complexity index is 2710. The van der Waals surface area contributed by atoms with Gasteiger partial charge in [-0.15, -0.1) is 0 Å². The Morgan fingerprint density at radius 1 is 0.538 bits per heavy atom. The molecule has 4 heteroatoms. The normalized spacial score (nSPS) is 13.5. The molecule has 3 nitrogen and oxygen atoms in total. The molecule has 2 heterocycles. The van der Waals surface area contributed by atoms with Gasteiger partial charge in [0.25, 0.3) is 0 Å². The van der Waals surface area contributed by atoms with E-state index in [9.17, 15) is 0 Å². The molecule has 8 aromatic rings. The van der Waals surface area contributed by atoms with E-state index >= 15 is 0 Å². The van der Waals surface area contributed by atoms with E-state index in [1.807, 2.05) is 42.6 Å². The van der Waals surface area contributed by atoms with Crippen LogP contribution in [0.2, 0.25) is 13.1 Å². The van der Waals surface area contributed by atoms with Crippen LogP contribution in [0.1, 0.15) is 16.7 Å². The molecule has 0 spiro atoms. The van der Waals surface area contributed by atoms with Gasteiger partial charge in [0.15, 0.2) is 5.84 Å². The van der Waals surface area contributed by atoms with E-state index in [1.165, 1.54) is 21.5 Å². The highest BCUT2D eigenvalue weighted by Crippen LogP contribution is 2.35. The maximum Gasteiger partial charge on any atom is 0.159 e. The number of furan rings is 1. The Morgan fingerprint density at radius 2 is 1.17 bits per heavy atom. The lowest BCUT2D eigenvalue weighted by atomic mass is 9.95. The quantitative estimate of drug-likeness (QED) is 0.0976. The van der Waals surface area contributed by atoms with Gasteiger partial charge >= 0.3 is 0 Å². The summed E-state index contributed by atoms with van der Waals surface area (Å²) in [5.74, 6) is 0.570. The number of hydrogen-bond acceptors (Lipinski definition) is 2. The largest absolute Gasteiger partial charge is 0.456 e. The number of benzene rings is 7. The molecule has 1 aliphatic rings. The van der Waals surface area contributed by atoms with Gasteiger partial charge in [0.2, 0.25) is 0 Å². The van der Waals surface area contributed by atoms with Gasteiger partial charge in [-0.25, -0.2) is 9.98 Å². The topological polar surface area (TPSA) is 37.9 Å². The molecule has 0 aliphatic carbocycles. The SMILES string of the molecule is C=C(/N=C(\N=C\c1cc2c(cc1-c1ccccc1)-c1ccccc1[Si]2(C)C)c1ccc2c(c1)oc1cc(-c3ccccc3)ccc12)c1ccccc1. The Balaban J connectivity index is 1.18. The molecule has 248 valence electrons. The van der Waals surface area contributed by atoms with Crippen LogP contribution >= 0.6 is 0 Å². The van der Waals surface area contributed by atoms with Crippen LogP contribution in [0.25, 0.3) is 61.0 Å². The fourth-order valence-corrected chi connectivity index (χ4v) is 10.7. The average Bonchev–Trinajstić information content (AvgIpc) is 3.67. The van der Waals surface area contributed by atoms with Crippen molar-refractivity contribution < 1.29 is 4.42 Å². The third kappa shape index (κ3) is 5.54. The molecule has 0 N–H and O–H groups in total. The third-order valence-electron chi connectivity index (χ3n) is 10.4. The summed E-state index contributed by atoms with van der Waals surface area (Å²) in [7, 11) is -1.92. The molecule has 0 radical (unpaired) electrons. The number of amidine groups is 1. The van der Waals surface area contributed by atoms with Crippen LogP contribution in [0, 0.1) is 0 Å². The molecule has 7 aromatic carbocycles. The van der Waals surface area contributed by atoms with E-state index in [4.69, 9.17) is 14.4 Å². The first-order chi connectivity index (χ1) is 25.4. The van der Waals surface area contributed by atoms with Gasteiger partial charge in [-0.2, -0.15) is 0 Å². The first-order valence-electron chi connectivity index (χ1n) is 17.7. The zero-order chi connectivity index (χ0) is 35.2. The lowest BCUT2D eigenvalue weighted by Gasteiger charge is -2.20. The molecule has 1 aliphatic heterocycles. The van der Waals surface area contributed by atoms with Crippen molar-refractivity contribution in [2.45, 2.75) is 13.1 Å². The van der Waals surface area contributed by atoms with Crippen LogP contribution in [0.15, 0.2) is 185 Å². The first kappa shape index (κ1) is 31.6. The van der Waals surface area contributed by atoms with E-state index in [0.717, 1.165) is 60.9 Å². The summed E-state index contributed by atoms with van der Waals surface area (Å²) >= 11 is 0. The fourth-order valence-electron chi connectivity index (χ4n) is 7.59. The van der Waals surface area contributed by atoms with Gasteiger partial charge in [0, 0.05) is 28.1 Å². The second-order valence-corrected chi connectivity index (χ2v) is 18.2. The summed E-state index contributed by atoms with van der Waals surface area (Å²) in [6.45, 7) is 9.25. The molecule has 0 bridgehead atoms. The van der Waals surface area contributed by atoms with Crippen molar-refractivity contribution in [2.75, 3.05) is 0 Å². The summed E-state index contributed by atoms with van der Waals surface area (Å²) in [4.78, 5) is 10.3. The zero-order valence-electron chi connectivity index (χ0n) is 29.2. The van der Waals surface area contributed by atoms with Crippen LogP contribution < -0.4 is 10.4 Å². The van der Waals surface area contributed by atoms with E-state index in [1.54, 1.807) is 0 Å². The summed E-state index contributed by atoms with van der Waals surface area (Å²) in [5, 5.41) is 5.05. The minimum atomic E-state index is -1.92. The predicted molar refractivity (Wildman–Crippen MR) is 223 cm³/mol. The predicted octanol–water partition coefficient (Wildman–Crippen LogP) is 11.3. The number of hydrogen-bond donors (Lipinski definition) is 0. The zero-order valence-corrected chi connectivity index (χ0v) is 30.2. The monoisotopic (exact) mass is 684 g/mol. The number of fused-ring (bicyclic) bond motifs is 6. The molecule has 0 fully saturated rings. The van der Waals surface area contributed by atoms with E-state index < -0.39 is 8.07 Å². The maximum atomic E-state index is 6.51. The lowest BCUT2D eigenvalue weighted by molar-refractivity contribution is 0.669. The lowest BCUT2D eigenvalue weighted by Crippen LogP contribution is -2.49. The van der Waals surface area contributed by atoms with Gasteiger partial charge in [-0.05, 0) is 79.6 Å². The Morgan fingerprint density at radius 3 is 1.92 bits per heavy atom. The minimum absolute atomic E-state index is 0.570. The fraction of sp³-hybridized carbons (Fsp3) is 0.0417. The second kappa shape index (κ2) is 12.8. The van der Waals surface area contributed by atoms with Crippen molar-refractivity contribution in [1.29, 1.82) is 0 Å². The number of aliphatic imine (C=N–C) groups is 2. The van der Waals surface area contributed by atoms with Crippen LogP contribution in [0.4, 0.5) is 0 Å². The highest BCUT2D eigenvalue weighted by atomic mass is 28.3. The maximum absolute atomic E-state index is 6.51. The van der Waals surface area contributed by atoms with Crippen molar-refractivity contribution in [3.63, 3.8) is 0 Å². The molecular formula is C48H36N2OSi. The molecule has 0 atom stereocenters. The smallest absolute Gasteiger partial charge is 0.159 e. The number of rotatable bonds is 6. The molecule has 1 aromatic heterocycles.